The maximum atomic E-state index is 4.59. The summed E-state index contributed by atoms with van der Waals surface area (Å²) in [6.07, 6.45) is 5.81. The number of nitrogens with zero attached hydrogens (tertiary/aromatic N) is 4. The average molecular weight is 354 g/mol. The molecule has 0 aromatic carbocycles. The minimum Gasteiger partial charge on any atom is -0.336 e. The molecule has 2 heterocycles. The summed E-state index contributed by atoms with van der Waals surface area (Å²) in [6, 6.07) is 0.246. The monoisotopic (exact) mass is 353 g/mol. The van der Waals surface area contributed by atoms with Crippen LogP contribution in [-0.2, 0) is 20.0 Å². The first-order chi connectivity index (χ1) is 10.1. The fraction of sp³-hybridized carbons (Fsp3) is 0.600. The Morgan fingerprint density at radius 1 is 1.38 bits per heavy atom. The Kier molecular flexibility index (Phi) is 5.58. The molecule has 21 heavy (non-hydrogen) atoms. The molecule has 2 aromatic rings. The number of hydrogen-bond acceptors (Lipinski definition) is 3. The highest BCUT2D eigenvalue weighted by atomic mass is 79.9. The molecule has 0 bridgehead atoms. The molecule has 2 aromatic heterocycles. The minimum absolute atomic E-state index is 0.246. The second-order valence-electron chi connectivity index (χ2n) is 5.30. The van der Waals surface area contributed by atoms with Crippen LogP contribution >= 0.6 is 15.9 Å². The maximum absolute atomic E-state index is 4.59. The summed E-state index contributed by atoms with van der Waals surface area (Å²) in [5.74, 6) is 0. The SMILES string of the molecule is CCCNC(Cc1c(Br)c(C)nn1CC)c1cncn1C. The van der Waals surface area contributed by atoms with Crippen LogP contribution in [0.2, 0.25) is 0 Å². The Balaban J connectivity index is 2.29. The second kappa shape index (κ2) is 7.22. The molecular formula is C15H24BrN5. The van der Waals surface area contributed by atoms with Gasteiger partial charge in [0.1, 0.15) is 0 Å². The van der Waals surface area contributed by atoms with E-state index in [1.54, 1.807) is 0 Å². The summed E-state index contributed by atoms with van der Waals surface area (Å²) >= 11 is 3.69. The van der Waals surface area contributed by atoms with E-state index in [4.69, 9.17) is 0 Å². The summed E-state index contributed by atoms with van der Waals surface area (Å²) in [4.78, 5) is 4.25. The van der Waals surface area contributed by atoms with Crippen molar-refractivity contribution in [1.82, 2.24) is 24.6 Å². The summed E-state index contributed by atoms with van der Waals surface area (Å²) in [5, 5.41) is 8.21. The van der Waals surface area contributed by atoms with Gasteiger partial charge in [0.25, 0.3) is 0 Å². The zero-order valence-corrected chi connectivity index (χ0v) is 14.8. The first kappa shape index (κ1) is 16.2. The third kappa shape index (κ3) is 3.55. The number of rotatable bonds is 7. The van der Waals surface area contributed by atoms with E-state index >= 15 is 0 Å². The fourth-order valence-corrected chi connectivity index (χ4v) is 3.01. The van der Waals surface area contributed by atoms with Gasteiger partial charge in [-0.2, -0.15) is 5.10 Å². The molecule has 5 nitrogen and oxygen atoms in total. The Labute approximate surface area is 134 Å². The van der Waals surface area contributed by atoms with Crippen LogP contribution in [0.4, 0.5) is 0 Å². The van der Waals surface area contributed by atoms with Crippen LogP contribution in [-0.4, -0.2) is 25.9 Å². The first-order valence-corrected chi connectivity index (χ1v) is 8.29. The molecule has 1 unspecified atom stereocenters. The predicted octanol–water partition coefficient (Wildman–Crippen LogP) is 2.99. The molecule has 0 radical (unpaired) electrons. The van der Waals surface area contributed by atoms with Crippen molar-refractivity contribution in [3.05, 3.63) is 34.1 Å². The molecular weight excluding hydrogens is 330 g/mol. The Hall–Kier alpha value is -1.14. The van der Waals surface area contributed by atoms with Crippen molar-refractivity contribution in [3.8, 4) is 0 Å². The molecule has 0 saturated carbocycles. The number of imidazole rings is 1. The van der Waals surface area contributed by atoms with Crippen molar-refractivity contribution in [1.29, 1.82) is 0 Å². The Bertz CT molecular complexity index is 587. The van der Waals surface area contributed by atoms with E-state index in [9.17, 15) is 0 Å². The van der Waals surface area contributed by atoms with E-state index < -0.39 is 0 Å². The summed E-state index contributed by atoms with van der Waals surface area (Å²) in [5.41, 5.74) is 3.49. The lowest BCUT2D eigenvalue weighted by atomic mass is 10.1. The summed E-state index contributed by atoms with van der Waals surface area (Å²) in [7, 11) is 2.04. The molecule has 0 aliphatic carbocycles. The van der Waals surface area contributed by atoms with Crippen molar-refractivity contribution in [2.45, 2.75) is 46.2 Å². The van der Waals surface area contributed by atoms with E-state index in [0.717, 1.165) is 36.1 Å². The smallest absolute Gasteiger partial charge is 0.0946 e. The Morgan fingerprint density at radius 2 is 2.14 bits per heavy atom. The van der Waals surface area contributed by atoms with Gasteiger partial charge in [-0.1, -0.05) is 6.92 Å². The quantitative estimate of drug-likeness (QED) is 0.832. The van der Waals surface area contributed by atoms with Gasteiger partial charge in [-0.15, -0.1) is 0 Å². The van der Waals surface area contributed by atoms with Crippen LogP contribution < -0.4 is 5.32 Å². The Morgan fingerprint density at radius 3 is 2.71 bits per heavy atom. The lowest BCUT2D eigenvalue weighted by Gasteiger charge is -2.20. The molecule has 0 spiro atoms. The lowest BCUT2D eigenvalue weighted by molar-refractivity contribution is 0.482. The largest absolute Gasteiger partial charge is 0.336 e. The van der Waals surface area contributed by atoms with Gasteiger partial charge < -0.3 is 9.88 Å². The van der Waals surface area contributed by atoms with Crippen molar-refractivity contribution in [2.75, 3.05) is 6.54 Å². The number of hydrogen-bond donors (Lipinski definition) is 1. The van der Waals surface area contributed by atoms with Crippen molar-refractivity contribution in [3.63, 3.8) is 0 Å². The zero-order chi connectivity index (χ0) is 15.4. The van der Waals surface area contributed by atoms with E-state index in [1.165, 1.54) is 11.4 Å². The highest BCUT2D eigenvalue weighted by molar-refractivity contribution is 9.10. The molecule has 0 fully saturated rings. The van der Waals surface area contributed by atoms with Crippen LogP contribution in [0.15, 0.2) is 17.0 Å². The molecule has 0 saturated heterocycles. The maximum Gasteiger partial charge on any atom is 0.0946 e. The van der Waals surface area contributed by atoms with Crippen molar-refractivity contribution < 1.29 is 0 Å². The van der Waals surface area contributed by atoms with Gasteiger partial charge in [0.2, 0.25) is 0 Å². The summed E-state index contributed by atoms with van der Waals surface area (Å²) in [6.45, 7) is 8.23. The third-order valence-electron chi connectivity index (χ3n) is 3.70. The van der Waals surface area contributed by atoms with Crippen LogP contribution in [0.3, 0.4) is 0 Å². The van der Waals surface area contributed by atoms with Crippen molar-refractivity contribution in [2.24, 2.45) is 7.05 Å². The van der Waals surface area contributed by atoms with Crippen LogP contribution in [0.1, 0.15) is 43.4 Å². The van der Waals surface area contributed by atoms with E-state index in [-0.39, 0.29) is 6.04 Å². The molecule has 6 heteroatoms. The molecule has 0 amide bonds. The van der Waals surface area contributed by atoms with Gasteiger partial charge in [-0.3, -0.25) is 4.68 Å². The molecule has 116 valence electrons. The summed E-state index contributed by atoms with van der Waals surface area (Å²) < 4.78 is 5.28. The normalized spacial score (nSPS) is 12.8. The van der Waals surface area contributed by atoms with Crippen LogP contribution in [0.25, 0.3) is 0 Å². The number of aryl methyl sites for hydroxylation is 3. The van der Waals surface area contributed by atoms with Gasteiger partial charge in [0.05, 0.1) is 33.9 Å². The second-order valence-corrected chi connectivity index (χ2v) is 6.10. The van der Waals surface area contributed by atoms with Crippen LogP contribution in [0, 0.1) is 6.92 Å². The van der Waals surface area contributed by atoms with Gasteiger partial charge in [-0.25, -0.2) is 4.98 Å². The van der Waals surface area contributed by atoms with Gasteiger partial charge in [-0.05, 0) is 42.7 Å². The molecule has 2 rings (SSSR count). The molecule has 0 aliphatic rings. The van der Waals surface area contributed by atoms with Gasteiger partial charge in [0.15, 0.2) is 0 Å². The van der Waals surface area contributed by atoms with Gasteiger partial charge in [0, 0.05) is 26.2 Å². The molecule has 1 atom stereocenters. The number of aromatic nitrogens is 4. The van der Waals surface area contributed by atoms with E-state index in [1.807, 2.05) is 26.5 Å². The van der Waals surface area contributed by atoms with Crippen molar-refractivity contribution >= 4 is 15.9 Å². The van der Waals surface area contributed by atoms with Crippen LogP contribution in [0.5, 0.6) is 0 Å². The molecule has 0 aliphatic heterocycles. The van der Waals surface area contributed by atoms with E-state index in [0.29, 0.717) is 0 Å². The predicted molar refractivity (Wildman–Crippen MR) is 88.3 cm³/mol. The first-order valence-electron chi connectivity index (χ1n) is 7.49. The van der Waals surface area contributed by atoms with E-state index in [2.05, 4.69) is 54.4 Å². The lowest BCUT2D eigenvalue weighted by Crippen LogP contribution is -2.27. The van der Waals surface area contributed by atoms with Gasteiger partial charge >= 0.3 is 0 Å². The number of halogens is 1. The topological polar surface area (TPSA) is 47.7 Å². The zero-order valence-electron chi connectivity index (χ0n) is 13.2. The minimum atomic E-state index is 0.246. The highest BCUT2D eigenvalue weighted by Gasteiger charge is 2.20. The standard InChI is InChI=1S/C15H24BrN5/c1-5-7-18-12(14-9-17-10-20(14)4)8-13-15(16)11(3)19-21(13)6-2/h9-10,12,18H,5-8H2,1-4H3. The molecule has 1 N–H and O–H groups in total. The number of nitrogens with one attached hydrogen (secondary N) is 1. The third-order valence-corrected chi connectivity index (χ3v) is 4.73. The highest BCUT2D eigenvalue weighted by Crippen LogP contribution is 2.26. The average Bonchev–Trinajstić information content (AvgIpc) is 3.01. The fourth-order valence-electron chi connectivity index (χ4n) is 2.56.